The van der Waals surface area contributed by atoms with Crippen LogP contribution in [0.3, 0.4) is 0 Å². The second kappa shape index (κ2) is 15.4. The van der Waals surface area contributed by atoms with Gasteiger partial charge in [0.1, 0.15) is 41.7 Å². The Kier molecular flexibility index (Phi) is 10.6. The number of aromatic nitrogens is 4. The molecule has 0 aliphatic carbocycles. The molecule has 0 amide bonds. The van der Waals surface area contributed by atoms with Gasteiger partial charge in [-0.15, -0.1) is 0 Å². The Bertz CT molecular complexity index is 1880. The van der Waals surface area contributed by atoms with E-state index in [2.05, 4.69) is 26.0 Å². The molecule has 1 unspecified atom stereocenters. The first-order valence-electron chi connectivity index (χ1n) is 16.1. The molecule has 1 fully saturated rings. The van der Waals surface area contributed by atoms with Crippen molar-refractivity contribution < 1.29 is 28.8 Å². The average molecular weight is 678 g/mol. The molecule has 1 aliphatic heterocycles. The fourth-order valence-corrected chi connectivity index (χ4v) is 6.07. The molecule has 1 aliphatic rings. The molecule has 13 heteroatoms. The fourth-order valence-electron chi connectivity index (χ4n) is 6.07. The summed E-state index contributed by atoms with van der Waals surface area (Å²) in [5.74, 6) is 1.79. The Hall–Kier alpha value is -5.39. The summed E-state index contributed by atoms with van der Waals surface area (Å²) >= 11 is 0. The molecule has 6 rings (SSSR count). The summed E-state index contributed by atoms with van der Waals surface area (Å²) in [6.07, 6.45) is 1.03. The number of hydrogen-bond acceptors (Lipinski definition) is 11. The summed E-state index contributed by atoms with van der Waals surface area (Å²) in [6.45, 7) is 0.0556. The van der Waals surface area contributed by atoms with Crippen LogP contribution in [0.2, 0.25) is 0 Å². The molecule has 3 aromatic carbocycles. The van der Waals surface area contributed by atoms with Gasteiger partial charge in [-0.25, -0.2) is 19.9 Å². The van der Waals surface area contributed by atoms with Crippen molar-refractivity contribution in [2.45, 2.75) is 36.6 Å². The van der Waals surface area contributed by atoms with Crippen molar-refractivity contribution in [3.8, 4) is 17.6 Å². The van der Waals surface area contributed by atoms with Crippen LogP contribution in [-0.4, -0.2) is 95.7 Å². The van der Waals surface area contributed by atoms with Gasteiger partial charge in [0.25, 0.3) is 0 Å². The van der Waals surface area contributed by atoms with E-state index in [1.807, 2.05) is 93.0 Å². The van der Waals surface area contributed by atoms with Gasteiger partial charge in [-0.05, 0) is 41.0 Å². The van der Waals surface area contributed by atoms with Crippen molar-refractivity contribution in [1.29, 1.82) is 5.26 Å². The molecule has 50 heavy (non-hydrogen) atoms. The van der Waals surface area contributed by atoms with E-state index in [9.17, 15) is 10.4 Å². The molecule has 3 heterocycles. The normalized spacial score (nSPS) is 19.1. The molecule has 1 saturated heterocycles. The minimum Gasteiger partial charge on any atom is -0.497 e. The predicted molar refractivity (Wildman–Crippen MR) is 185 cm³/mol. The third-order valence-electron chi connectivity index (χ3n) is 8.50. The van der Waals surface area contributed by atoms with Crippen LogP contribution in [0.4, 0.5) is 5.82 Å². The Labute approximate surface area is 290 Å². The van der Waals surface area contributed by atoms with Crippen LogP contribution in [0.5, 0.6) is 11.5 Å². The van der Waals surface area contributed by atoms with Crippen LogP contribution in [0.1, 0.15) is 29.3 Å². The van der Waals surface area contributed by atoms with Gasteiger partial charge >= 0.3 is 0 Å². The molecule has 0 radical (unpaired) electrons. The highest BCUT2D eigenvalue weighted by molar-refractivity contribution is 5.83. The molecule has 1 N–H and O–H groups in total. The van der Waals surface area contributed by atoms with E-state index in [0.717, 1.165) is 16.7 Å². The summed E-state index contributed by atoms with van der Waals surface area (Å²) in [5.41, 5.74) is 2.32. The average Bonchev–Trinajstić information content (AvgIpc) is 3.72. The Morgan fingerprint density at radius 3 is 2.18 bits per heavy atom. The van der Waals surface area contributed by atoms with Gasteiger partial charge in [-0.3, -0.25) is 4.57 Å². The summed E-state index contributed by atoms with van der Waals surface area (Å²) in [5, 5.41) is 21.0. The highest BCUT2D eigenvalue weighted by atomic mass is 16.6. The molecule has 0 spiro atoms. The lowest BCUT2D eigenvalue weighted by molar-refractivity contribution is -0.0959. The van der Waals surface area contributed by atoms with Crippen molar-refractivity contribution in [3.63, 3.8) is 0 Å². The lowest BCUT2D eigenvalue weighted by Crippen LogP contribution is -2.40. The minimum absolute atomic E-state index is 0.0390. The predicted octanol–water partition coefficient (Wildman–Crippen LogP) is 4.63. The van der Waals surface area contributed by atoms with Crippen molar-refractivity contribution in [2.24, 2.45) is 4.99 Å². The monoisotopic (exact) mass is 677 g/mol. The van der Waals surface area contributed by atoms with E-state index in [1.54, 1.807) is 36.4 Å². The smallest absolute Gasteiger partial charge is 0.184 e. The number of nitriles is 1. The van der Waals surface area contributed by atoms with Gasteiger partial charge in [0.15, 0.2) is 23.2 Å². The number of hydrogen-bond donors (Lipinski definition) is 1. The highest BCUT2D eigenvalue weighted by Gasteiger charge is 2.48. The second-order valence-corrected chi connectivity index (χ2v) is 11.8. The Morgan fingerprint density at radius 1 is 0.940 bits per heavy atom. The summed E-state index contributed by atoms with van der Waals surface area (Å²) in [4.78, 5) is 19.5. The van der Waals surface area contributed by atoms with E-state index in [-0.39, 0.29) is 19.6 Å². The topological polar surface area (TPSA) is 149 Å². The Balaban J connectivity index is 1.39. The van der Waals surface area contributed by atoms with Crippen LogP contribution >= 0.6 is 0 Å². The first-order valence-corrected chi connectivity index (χ1v) is 16.1. The van der Waals surface area contributed by atoms with Gasteiger partial charge in [0, 0.05) is 14.1 Å². The lowest BCUT2D eigenvalue weighted by Gasteiger charge is -2.37. The molecule has 4 atom stereocenters. The number of ether oxygens (including phenoxy) is 5. The number of aliphatic hydroxyl groups is 1. The van der Waals surface area contributed by atoms with Crippen LogP contribution in [0.15, 0.2) is 96.5 Å². The van der Waals surface area contributed by atoms with Gasteiger partial charge in [0.05, 0.1) is 52.6 Å². The first kappa shape index (κ1) is 34.5. The van der Waals surface area contributed by atoms with Crippen molar-refractivity contribution >= 4 is 23.3 Å². The molecule has 5 aromatic rings. The van der Waals surface area contributed by atoms with Gasteiger partial charge in [0.2, 0.25) is 0 Å². The van der Waals surface area contributed by atoms with Gasteiger partial charge in [-0.1, -0.05) is 54.6 Å². The van der Waals surface area contributed by atoms with E-state index < -0.39 is 30.1 Å². The number of rotatable bonds is 14. The van der Waals surface area contributed by atoms with Crippen LogP contribution < -0.4 is 9.47 Å². The van der Waals surface area contributed by atoms with Gasteiger partial charge in [-0.2, -0.15) is 5.26 Å². The third kappa shape index (κ3) is 6.87. The maximum atomic E-state index is 11.8. The zero-order chi connectivity index (χ0) is 35.1. The van der Waals surface area contributed by atoms with Gasteiger partial charge < -0.3 is 33.7 Å². The number of methoxy groups -OCH3 is 2. The number of nitrogens with zero attached hydrogens (tertiary/aromatic N) is 7. The highest BCUT2D eigenvalue weighted by Crippen LogP contribution is 2.43. The van der Waals surface area contributed by atoms with Crippen LogP contribution in [0.25, 0.3) is 11.2 Å². The molecular formula is C37H39N7O6. The SMILES string of the molecule is COc1ccc(C(OC[C@H]2O[C@@H](n3cnc4c(/N=C/N(C)C)ncnc43)[C@@H](OCCC#N)C2O)(c2ccccc2)c2ccc(OC)cc2)cc1. The standard InChI is InChI=1S/C37H39N7O6/c1-43(2)23-42-34-31-35(40-22-39-34)44(24-41-31)36-33(48-20-8-19-38)32(45)30(50-36)21-49-37(25-9-6-5-7-10-25,26-11-15-28(46-3)16-12-26)27-13-17-29(47-4)18-14-27/h5-7,9-18,22-24,30,32-33,36,45H,8,20-21H2,1-4H3/b42-23+/t30-,32?,33+,36-/m1/s1. The van der Waals surface area contributed by atoms with Crippen molar-refractivity contribution in [3.05, 3.63) is 108 Å². The van der Waals surface area contributed by atoms with Crippen LogP contribution in [-0.2, 0) is 19.8 Å². The van der Waals surface area contributed by atoms with E-state index in [4.69, 9.17) is 23.7 Å². The number of benzene rings is 3. The van der Waals surface area contributed by atoms with E-state index in [0.29, 0.717) is 28.5 Å². The van der Waals surface area contributed by atoms with E-state index >= 15 is 0 Å². The summed E-state index contributed by atoms with van der Waals surface area (Å²) < 4.78 is 32.4. The number of aliphatic hydroxyl groups excluding tert-OH is 1. The molecule has 2 aromatic heterocycles. The zero-order valence-electron chi connectivity index (χ0n) is 28.3. The maximum Gasteiger partial charge on any atom is 0.184 e. The number of fused-ring (bicyclic) bond motifs is 1. The summed E-state index contributed by atoms with van der Waals surface area (Å²) in [7, 11) is 6.96. The summed E-state index contributed by atoms with van der Waals surface area (Å²) in [6, 6.07) is 27.4. The van der Waals surface area contributed by atoms with Crippen LogP contribution in [0, 0.1) is 11.3 Å². The largest absolute Gasteiger partial charge is 0.497 e. The zero-order valence-corrected chi connectivity index (χ0v) is 28.3. The van der Waals surface area contributed by atoms with Crippen molar-refractivity contribution in [2.75, 3.05) is 41.5 Å². The number of aliphatic imine (C=N–C) groups is 1. The Morgan fingerprint density at radius 2 is 1.58 bits per heavy atom. The molecule has 0 saturated carbocycles. The molecule has 0 bridgehead atoms. The second-order valence-electron chi connectivity index (χ2n) is 11.8. The molecule has 258 valence electrons. The maximum absolute atomic E-state index is 11.8. The van der Waals surface area contributed by atoms with Crippen molar-refractivity contribution in [1.82, 2.24) is 24.4 Å². The third-order valence-corrected chi connectivity index (χ3v) is 8.50. The lowest BCUT2D eigenvalue weighted by atomic mass is 9.80. The molecule has 13 nitrogen and oxygen atoms in total. The first-order chi connectivity index (χ1) is 24.4. The van der Waals surface area contributed by atoms with E-state index in [1.165, 1.54) is 6.33 Å². The number of imidazole rings is 1. The quantitative estimate of drug-likeness (QED) is 0.0759. The molecular weight excluding hydrogens is 638 g/mol. The fraction of sp³-hybridized carbons (Fsp3) is 0.324. The minimum atomic E-state index is -1.13.